The van der Waals surface area contributed by atoms with Crippen LogP contribution >= 0.6 is 11.6 Å². The van der Waals surface area contributed by atoms with Crippen LogP contribution < -0.4 is 0 Å². The van der Waals surface area contributed by atoms with Crippen molar-refractivity contribution in [2.75, 3.05) is 12.4 Å². The molecule has 1 aromatic rings. The van der Waals surface area contributed by atoms with Gasteiger partial charge in [0.15, 0.2) is 0 Å². The summed E-state index contributed by atoms with van der Waals surface area (Å²) in [6.45, 7) is 2.71. The van der Waals surface area contributed by atoms with Crippen molar-refractivity contribution in [2.24, 2.45) is 0 Å². The predicted molar refractivity (Wildman–Crippen MR) is 87.3 cm³/mol. The molecule has 0 N–H and O–H groups in total. The van der Waals surface area contributed by atoms with Gasteiger partial charge in [0.2, 0.25) is 10.0 Å². The van der Waals surface area contributed by atoms with Crippen molar-refractivity contribution in [2.45, 2.75) is 56.4 Å². The minimum absolute atomic E-state index is 0.152. The molecule has 2 rings (SSSR count). The minimum Gasteiger partial charge on any atom is -0.207 e. The number of aryl methyl sites for hydroxylation is 1. The van der Waals surface area contributed by atoms with Crippen molar-refractivity contribution >= 4 is 21.6 Å². The lowest BCUT2D eigenvalue weighted by atomic mass is 10.0. The number of benzene rings is 1. The fourth-order valence-corrected chi connectivity index (χ4v) is 4.83. The lowest BCUT2D eigenvalue weighted by Crippen LogP contribution is -2.43. The first-order valence-electron chi connectivity index (χ1n) is 7.76. The SMILES string of the molecule is CCC1CCCCN1S(=O)(=O)c1ccc(CCCCl)cc1. The van der Waals surface area contributed by atoms with Gasteiger partial charge in [0.05, 0.1) is 4.90 Å². The Balaban J connectivity index is 2.18. The lowest BCUT2D eigenvalue weighted by Gasteiger charge is -2.34. The van der Waals surface area contributed by atoms with Gasteiger partial charge in [0.1, 0.15) is 0 Å². The van der Waals surface area contributed by atoms with Crippen LogP contribution in [0.2, 0.25) is 0 Å². The molecule has 118 valence electrons. The van der Waals surface area contributed by atoms with E-state index in [0.29, 0.717) is 17.3 Å². The van der Waals surface area contributed by atoms with Crippen molar-refractivity contribution in [1.82, 2.24) is 4.31 Å². The zero-order chi connectivity index (χ0) is 15.3. The number of hydrogen-bond acceptors (Lipinski definition) is 2. The van der Waals surface area contributed by atoms with Gasteiger partial charge in [-0.05, 0) is 49.8 Å². The van der Waals surface area contributed by atoms with Crippen LogP contribution in [0.1, 0.15) is 44.6 Å². The Bertz CT molecular complexity index is 542. The van der Waals surface area contributed by atoms with Gasteiger partial charge >= 0.3 is 0 Å². The maximum Gasteiger partial charge on any atom is 0.243 e. The molecule has 1 aromatic carbocycles. The van der Waals surface area contributed by atoms with E-state index in [1.54, 1.807) is 16.4 Å². The molecule has 1 fully saturated rings. The summed E-state index contributed by atoms with van der Waals surface area (Å²) in [4.78, 5) is 0.414. The number of rotatable bonds is 6. The molecule has 0 aromatic heterocycles. The number of sulfonamides is 1. The maximum atomic E-state index is 12.8. The van der Waals surface area contributed by atoms with Crippen LogP contribution in [0, 0.1) is 0 Å². The molecule has 1 saturated heterocycles. The third-order valence-corrected chi connectivity index (χ3v) is 6.41. The average Bonchev–Trinajstić information content (AvgIpc) is 2.53. The molecule has 1 aliphatic heterocycles. The standard InChI is InChI=1S/C16H24ClNO2S/c1-2-15-7-3-4-13-18(15)21(19,20)16-10-8-14(9-11-16)6-5-12-17/h8-11,15H,2-7,12-13H2,1H3. The summed E-state index contributed by atoms with van der Waals surface area (Å²) < 4.78 is 27.3. The van der Waals surface area contributed by atoms with Crippen molar-refractivity contribution in [3.05, 3.63) is 29.8 Å². The highest BCUT2D eigenvalue weighted by Crippen LogP contribution is 2.27. The van der Waals surface area contributed by atoms with Gasteiger partial charge in [-0.15, -0.1) is 11.6 Å². The van der Waals surface area contributed by atoms with Crippen LogP contribution in [-0.2, 0) is 16.4 Å². The minimum atomic E-state index is -3.35. The quantitative estimate of drug-likeness (QED) is 0.744. The largest absolute Gasteiger partial charge is 0.243 e. The topological polar surface area (TPSA) is 37.4 Å². The molecule has 21 heavy (non-hydrogen) atoms. The van der Waals surface area contributed by atoms with Crippen molar-refractivity contribution in [1.29, 1.82) is 0 Å². The number of halogens is 1. The highest BCUT2D eigenvalue weighted by molar-refractivity contribution is 7.89. The highest BCUT2D eigenvalue weighted by Gasteiger charge is 2.32. The van der Waals surface area contributed by atoms with E-state index in [2.05, 4.69) is 6.92 Å². The molecule has 5 heteroatoms. The molecule has 1 aliphatic rings. The fraction of sp³-hybridized carbons (Fsp3) is 0.625. The normalized spacial score (nSPS) is 20.6. The van der Waals surface area contributed by atoms with Crippen LogP contribution in [0.4, 0.5) is 0 Å². The highest BCUT2D eigenvalue weighted by atomic mass is 35.5. The first-order chi connectivity index (χ1) is 10.1. The first kappa shape index (κ1) is 16.8. The predicted octanol–water partition coefficient (Wildman–Crippen LogP) is 3.81. The molecule has 1 unspecified atom stereocenters. The van der Waals surface area contributed by atoms with Crippen LogP contribution in [0.25, 0.3) is 0 Å². The second-order valence-electron chi connectivity index (χ2n) is 5.61. The summed E-state index contributed by atoms with van der Waals surface area (Å²) in [5, 5.41) is 0. The van der Waals surface area contributed by atoms with E-state index in [1.165, 1.54) is 0 Å². The molecule has 1 atom stereocenters. The van der Waals surface area contributed by atoms with Crippen LogP contribution in [0.15, 0.2) is 29.2 Å². The third-order valence-electron chi connectivity index (χ3n) is 4.17. The molecule has 0 bridgehead atoms. The Hall–Kier alpha value is -0.580. The monoisotopic (exact) mass is 329 g/mol. The number of hydrogen-bond donors (Lipinski definition) is 0. The van der Waals surface area contributed by atoms with Gasteiger partial charge in [-0.2, -0.15) is 4.31 Å². The maximum absolute atomic E-state index is 12.8. The number of nitrogens with zero attached hydrogens (tertiary/aromatic N) is 1. The molecule has 0 spiro atoms. The van der Waals surface area contributed by atoms with Gasteiger partial charge in [-0.25, -0.2) is 8.42 Å². The fourth-order valence-electron chi connectivity index (χ4n) is 2.93. The van der Waals surface area contributed by atoms with Crippen LogP contribution in [-0.4, -0.2) is 31.2 Å². The molecule has 1 heterocycles. The van der Waals surface area contributed by atoms with Gasteiger partial charge in [0, 0.05) is 18.5 Å². The van der Waals surface area contributed by atoms with Crippen molar-refractivity contribution in [3.63, 3.8) is 0 Å². The van der Waals surface area contributed by atoms with Crippen LogP contribution in [0.5, 0.6) is 0 Å². The lowest BCUT2D eigenvalue weighted by molar-refractivity contribution is 0.246. The van der Waals surface area contributed by atoms with E-state index >= 15 is 0 Å². The van der Waals surface area contributed by atoms with Crippen molar-refractivity contribution < 1.29 is 8.42 Å². The summed E-state index contributed by atoms with van der Waals surface area (Å²) in [6.07, 6.45) is 5.75. The van der Waals surface area contributed by atoms with Crippen molar-refractivity contribution in [3.8, 4) is 0 Å². The smallest absolute Gasteiger partial charge is 0.207 e. The van der Waals surface area contributed by atoms with E-state index < -0.39 is 10.0 Å². The molecule has 0 saturated carbocycles. The van der Waals surface area contributed by atoms with Gasteiger partial charge in [-0.1, -0.05) is 25.5 Å². The summed E-state index contributed by atoms with van der Waals surface area (Å²) >= 11 is 5.69. The summed E-state index contributed by atoms with van der Waals surface area (Å²) in [5.74, 6) is 0.631. The zero-order valence-electron chi connectivity index (χ0n) is 12.6. The summed E-state index contributed by atoms with van der Waals surface area (Å²) in [5.41, 5.74) is 1.14. The molecule has 0 aliphatic carbocycles. The van der Waals surface area contributed by atoms with Gasteiger partial charge in [-0.3, -0.25) is 0 Å². The Morgan fingerprint density at radius 2 is 1.95 bits per heavy atom. The Labute approximate surface area is 133 Å². The Morgan fingerprint density at radius 3 is 2.57 bits per heavy atom. The Kier molecular flexibility index (Phi) is 6.08. The zero-order valence-corrected chi connectivity index (χ0v) is 14.2. The van der Waals surface area contributed by atoms with Gasteiger partial charge < -0.3 is 0 Å². The molecular formula is C16H24ClNO2S. The van der Waals surface area contributed by atoms with E-state index in [4.69, 9.17) is 11.6 Å². The van der Waals surface area contributed by atoms with E-state index in [-0.39, 0.29) is 6.04 Å². The second kappa shape index (κ2) is 7.61. The van der Waals surface area contributed by atoms with E-state index in [0.717, 1.165) is 44.1 Å². The molecular weight excluding hydrogens is 306 g/mol. The first-order valence-corrected chi connectivity index (χ1v) is 9.73. The Morgan fingerprint density at radius 1 is 1.24 bits per heavy atom. The molecule has 0 radical (unpaired) electrons. The van der Waals surface area contributed by atoms with Crippen LogP contribution in [0.3, 0.4) is 0 Å². The average molecular weight is 330 g/mol. The number of piperidine rings is 1. The summed E-state index contributed by atoms with van der Waals surface area (Å²) in [6, 6.07) is 7.44. The summed E-state index contributed by atoms with van der Waals surface area (Å²) in [7, 11) is -3.35. The van der Waals surface area contributed by atoms with E-state index in [9.17, 15) is 8.42 Å². The molecule has 0 amide bonds. The second-order valence-corrected chi connectivity index (χ2v) is 7.88. The number of alkyl halides is 1. The van der Waals surface area contributed by atoms with E-state index in [1.807, 2.05) is 12.1 Å². The third kappa shape index (κ3) is 3.99. The molecule has 3 nitrogen and oxygen atoms in total. The van der Waals surface area contributed by atoms with Gasteiger partial charge in [0.25, 0.3) is 0 Å².